The number of imidazole rings is 1. The molecule has 2 aromatic heterocycles. The SMILES string of the molecule is O=C(Cc1ccn2cncc2c1)ON1C(=O)c2ccccc2C1=O. The maximum atomic E-state index is 12.2. The molecule has 7 nitrogen and oxygen atoms in total. The van der Waals surface area contributed by atoms with Gasteiger partial charge in [-0.2, -0.15) is 0 Å². The van der Waals surface area contributed by atoms with Crippen molar-refractivity contribution in [2.24, 2.45) is 0 Å². The number of fused-ring (bicyclic) bond motifs is 2. The highest BCUT2D eigenvalue weighted by molar-refractivity contribution is 6.20. The monoisotopic (exact) mass is 321 g/mol. The van der Waals surface area contributed by atoms with Crippen molar-refractivity contribution in [1.29, 1.82) is 0 Å². The fraction of sp³-hybridized carbons (Fsp3) is 0.0588. The Balaban J connectivity index is 1.50. The summed E-state index contributed by atoms with van der Waals surface area (Å²) in [5.41, 5.74) is 2.00. The number of pyridine rings is 1. The molecule has 4 rings (SSSR count). The number of carbonyl (C=O) groups excluding carboxylic acids is 3. The minimum Gasteiger partial charge on any atom is -0.329 e. The van der Waals surface area contributed by atoms with Crippen molar-refractivity contribution in [3.05, 3.63) is 71.8 Å². The van der Waals surface area contributed by atoms with E-state index in [4.69, 9.17) is 4.84 Å². The molecule has 1 aliphatic heterocycles. The van der Waals surface area contributed by atoms with E-state index in [0.717, 1.165) is 5.52 Å². The highest BCUT2D eigenvalue weighted by Gasteiger charge is 2.38. The number of carbonyl (C=O) groups is 3. The fourth-order valence-electron chi connectivity index (χ4n) is 2.63. The van der Waals surface area contributed by atoms with Gasteiger partial charge in [0.1, 0.15) is 0 Å². The van der Waals surface area contributed by atoms with Gasteiger partial charge in [-0.3, -0.25) is 9.59 Å². The number of benzene rings is 1. The van der Waals surface area contributed by atoms with Crippen molar-refractivity contribution >= 4 is 23.3 Å². The highest BCUT2D eigenvalue weighted by Crippen LogP contribution is 2.23. The third kappa shape index (κ3) is 2.23. The maximum Gasteiger partial charge on any atom is 0.337 e. The lowest BCUT2D eigenvalue weighted by molar-refractivity contribution is -0.167. The van der Waals surface area contributed by atoms with Crippen molar-refractivity contribution in [1.82, 2.24) is 14.4 Å². The molecule has 0 N–H and O–H groups in total. The van der Waals surface area contributed by atoms with Crippen LogP contribution in [0.1, 0.15) is 26.3 Å². The summed E-state index contributed by atoms with van der Waals surface area (Å²) in [5.74, 6) is -1.95. The summed E-state index contributed by atoms with van der Waals surface area (Å²) in [6.45, 7) is 0. The van der Waals surface area contributed by atoms with Crippen LogP contribution in [0.5, 0.6) is 0 Å². The van der Waals surface area contributed by atoms with E-state index in [1.807, 2.05) is 0 Å². The molecule has 0 aliphatic carbocycles. The Kier molecular flexibility index (Phi) is 3.13. The van der Waals surface area contributed by atoms with Crippen molar-refractivity contribution in [3.63, 3.8) is 0 Å². The average molecular weight is 321 g/mol. The fourth-order valence-corrected chi connectivity index (χ4v) is 2.63. The van der Waals surface area contributed by atoms with Crippen molar-refractivity contribution < 1.29 is 19.2 Å². The number of rotatable bonds is 3. The lowest BCUT2D eigenvalue weighted by atomic mass is 10.1. The summed E-state index contributed by atoms with van der Waals surface area (Å²) in [6.07, 6.45) is 5.03. The zero-order valence-electron chi connectivity index (χ0n) is 12.4. The second kappa shape index (κ2) is 5.31. The molecule has 0 saturated heterocycles. The number of hydrogen-bond acceptors (Lipinski definition) is 5. The van der Waals surface area contributed by atoms with Gasteiger partial charge in [0.15, 0.2) is 0 Å². The smallest absolute Gasteiger partial charge is 0.329 e. The zero-order chi connectivity index (χ0) is 16.7. The molecule has 3 aromatic rings. The third-order valence-electron chi connectivity index (χ3n) is 3.78. The van der Waals surface area contributed by atoms with Crippen LogP contribution in [0.3, 0.4) is 0 Å². The molecule has 3 heterocycles. The Morgan fingerprint density at radius 2 is 1.79 bits per heavy atom. The second-order valence-electron chi connectivity index (χ2n) is 5.35. The summed E-state index contributed by atoms with van der Waals surface area (Å²) in [6, 6.07) is 9.88. The van der Waals surface area contributed by atoms with E-state index >= 15 is 0 Å². The Morgan fingerprint density at radius 3 is 2.50 bits per heavy atom. The predicted octanol–water partition coefficient (Wildman–Crippen LogP) is 1.63. The number of hydrogen-bond donors (Lipinski definition) is 0. The van der Waals surface area contributed by atoms with Gasteiger partial charge < -0.3 is 9.24 Å². The molecule has 24 heavy (non-hydrogen) atoms. The highest BCUT2D eigenvalue weighted by atomic mass is 16.7. The lowest BCUT2D eigenvalue weighted by Gasteiger charge is -2.12. The molecule has 0 unspecified atom stereocenters. The molecule has 0 saturated carbocycles. The summed E-state index contributed by atoms with van der Waals surface area (Å²) in [4.78, 5) is 45.4. The number of nitrogens with zero attached hydrogens (tertiary/aromatic N) is 3. The first kappa shape index (κ1) is 14.1. The van der Waals surface area contributed by atoms with Crippen LogP contribution >= 0.6 is 0 Å². The largest absolute Gasteiger partial charge is 0.337 e. The van der Waals surface area contributed by atoms with Crippen molar-refractivity contribution in [3.8, 4) is 0 Å². The number of imide groups is 1. The molecule has 0 bridgehead atoms. The lowest BCUT2D eigenvalue weighted by Crippen LogP contribution is -2.33. The van der Waals surface area contributed by atoms with E-state index in [1.54, 1.807) is 47.4 Å². The van der Waals surface area contributed by atoms with Gasteiger partial charge in [0.25, 0.3) is 11.8 Å². The van der Waals surface area contributed by atoms with Gasteiger partial charge >= 0.3 is 5.97 Å². The standard InChI is InChI=1S/C17H11N3O4/c21-15(8-11-5-6-19-10-18-9-12(19)7-11)24-20-16(22)13-3-1-2-4-14(13)17(20)23/h1-7,9-10H,8H2. The van der Waals surface area contributed by atoms with E-state index in [9.17, 15) is 14.4 Å². The predicted molar refractivity (Wildman–Crippen MR) is 81.9 cm³/mol. The molecule has 1 aliphatic rings. The Bertz CT molecular complexity index is 957. The van der Waals surface area contributed by atoms with E-state index in [-0.39, 0.29) is 17.5 Å². The van der Waals surface area contributed by atoms with Gasteiger partial charge in [-0.25, -0.2) is 9.78 Å². The van der Waals surface area contributed by atoms with E-state index in [1.165, 1.54) is 12.1 Å². The van der Waals surface area contributed by atoms with Crippen molar-refractivity contribution in [2.75, 3.05) is 0 Å². The van der Waals surface area contributed by atoms with Crippen LogP contribution in [0.15, 0.2) is 55.1 Å². The van der Waals surface area contributed by atoms with Gasteiger partial charge in [-0.15, -0.1) is 0 Å². The van der Waals surface area contributed by atoms with Crippen LogP contribution < -0.4 is 0 Å². The molecule has 2 amide bonds. The van der Waals surface area contributed by atoms with Crippen LogP contribution in [0.2, 0.25) is 0 Å². The Hall–Kier alpha value is -3.48. The molecule has 118 valence electrons. The van der Waals surface area contributed by atoms with Crippen LogP contribution in [0, 0.1) is 0 Å². The first-order chi connectivity index (χ1) is 11.6. The van der Waals surface area contributed by atoms with E-state index < -0.39 is 17.8 Å². The van der Waals surface area contributed by atoms with Gasteiger partial charge in [0.2, 0.25) is 0 Å². The Morgan fingerprint density at radius 1 is 1.08 bits per heavy atom. The zero-order valence-corrected chi connectivity index (χ0v) is 12.4. The van der Waals surface area contributed by atoms with Crippen LogP contribution in [-0.4, -0.2) is 32.2 Å². The normalized spacial score (nSPS) is 13.4. The molecule has 1 aromatic carbocycles. The molecular weight excluding hydrogens is 310 g/mol. The van der Waals surface area contributed by atoms with Crippen LogP contribution in [-0.2, 0) is 16.1 Å². The maximum absolute atomic E-state index is 12.2. The summed E-state index contributed by atoms with van der Waals surface area (Å²) in [5, 5.41) is 0.518. The van der Waals surface area contributed by atoms with Crippen LogP contribution in [0.4, 0.5) is 0 Å². The van der Waals surface area contributed by atoms with Gasteiger partial charge in [0, 0.05) is 6.20 Å². The third-order valence-corrected chi connectivity index (χ3v) is 3.78. The summed E-state index contributed by atoms with van der Waals surface area (Å²) < 4.78 is 1.80. The summed E-state index contributed by atoms with van der Waals surface area (Å²) >= 11 is 0. The number of amides is 2. The molecule has 0 radical (unpaired) electrons. The minimum absolute atomic E-state index is 0.0604. The molecule has 7 heteroatoms. The van der Waals surface area contributed by atoms with E-state index in [2.05, 4.69) is 4.98 Å². The van der Waals surface area contributed by atoms with Crippen LogP contribution in [0.25, 0.3) is 5.52 Å². The summed E-state index contributed by atoms with van der Waals surface area (Å²) in [7, 11) is 0. The quantitative estimate of drug-likeness (QED) is 0.685. The second-order valence-corrected chi connectivity index (χ2v) is 5.35. The number of hydroxylamine groups is 2. The minimum atomic E-state index is -0.687. The molecule has 0 spiro atoms. The first-order valence-electron chi connectivity index (χ1n) is 7.23. The van der Waals surface area contributed by atoms with Gasteiger partial charge in [-0.1, -0.05) is 17.2 Å². The molecule has 0 atom stereocenters. The average Bonchev–Trinajstić information content (AvgIpc) is 3.14. The van der Waals surface area contributed by atoms with E-state index in [0.29, 0.717) is 10.6 Å². The molecule has 0 fully saturated rings. The number of aromatic nitrogens is 2. The van der Waals surface area contributed by atoms with Crippen molar-refractivity contribution in [2.45, 2.75) is 6.42 Å². The van der Waals surface area contributed by atoms with Gasteiger partial charge in [0.05, 0.1) is 35.6 Å². The first-order valence-corrected chi connectivity index (χ1v) is 7.23. The Labute approximate surface area is 136 Å². The van der Waals surface area contributed by atoms with Gasteiger partial charge in [-0.05, 0) is 29.8 Å². The topological polar surface area (TPSA) is 81.0 Å². The molecular formula is C17H11N3O4.